The lowest BCUT2D eigenvalue weighted by Crippen LogP contribution is -2.36. The van der Waals surface area contributed by atoms with E-state index in [9.17, 15) is 9.90 Å². The van der Waals surface area contributed by atoms with Gasteiger partial charge in [0.1, 0.15) is 0 Å². The second-order valence-corrected chi connectivity index (χ2v) is 4.74. The van der Waals surface area contributed by atoms with Crippen LogP contribution in [0.4, 0.5) is 0 Å². The van der Waals surface area contributed by atoms with Gasteiger partial charge >= 0.3 is 5.97 Å². The van der Waals surface area contributed by atoms with Gasteiger partial charge in [-0.05, 0) is 11.1 Å². The first kappa shape index (κ1) is 11.9. The number of hydrogen-bond donors (Lipinski definition) is 1. The van der Waals surface area contributed by atoms with Gasteiger partial charge in [0.05, 0.1) is 18.7 Å². The van der Waals surface area contributed by atoms with Gasteiger partial charge in [0, 0.05) is 19.2 Å². The summed E-state index contributed by atoms with van der Waals surface area (Å²) in [6.45, 7) is 1.81. The van der Waals surface area contributed by atoms with E-state index in [2.05, 4.69) is 10.1 Å². The molecule has 2 heterocycles. The molecule has 0 bridgehead atoms. The lowest BCUT2D eigenvalue weighted by molar-refractivity contribution is -0.139. The zero-order valence-corrected chi connectivity index (χ0v) is 10.3. The zero-order valence-electron chi connectivity index (χ0n) is 10.3. The minimum Gasteiger partial charge on any atom is -0.481 e. The highest BCUT2D eigenvalue weighted by atomic mass is 16.5. The van der Waals surface area contributed by atoms with Gasteiger partial charge in [-0.25, -0.2) is 0 Å². The molecule has 1 aromatic carbocycles. The average Bonchev–Trinajstić information content (AvgIpc) is 2.90. The number of carboxylic acid groups (broad SMARTS) is 1. The van der Waals surface area contributed by atoms with Crippen molar-refractivity contribution >= 4 is 5.97 Å². The van der Waals surface area contributed by atoms with Crippen molar-refractivity contribution in [2.75, 3.05) is 6.54 Å². The van der Waals surface area contributed by atoms with Crippen LogP contribution < -0.4 is 0 Å². The van der Waals surface area contributed by atoms with Crippen LogP contribution in [0.2, 0.25) is 0 Å². The molecule has 1 aliphatic heterocycles. The maximum atomic E-state index is 11.4. The molecule has 0 saturated heterocycles. The molecular weight excluding hydrogens is 244 g/mol. The molecule has 19 heavy (non-hydrogen) atoms. The number of aliphatic carboxylic acids is 1. The quantitative estimate of drug-likeness (QED) is 0.910. The van der Waals surface area contributed by atoms with Crippen LogP contribution in [0.1, 0.15) is 22.8 Å². The third kappa shape index (κ3) is 2.37. The Bertz CT molecular complexity index is 580. The van der Waals surface area contributed by atoms with E-state index in [1.54, 1.807) is 12.3 Å². The van der Waals surface area contributed by atoms with E-state index in [1.165, 1.54) is 0 Å². The molecule has 2 aromatic rings. The second-order valence-electron chi connectivity index (χ2n) is 4.74. The molecule has 1 N–H and O–H groups in total. The SMILES string of the molecule is O=C(O)C1CN(Cc2ccno2)Cc2ccccc21. The van der Waals surface area contributed by atoms with Crippen LogP contribution in [0.3, 0.4) is 0 Å². The highest BCUT2D eigenvalue weighted by Gasteiger charge is 2.30. The summed E-state index contributed by atoms with van der Waals surface area (Å²) in [6, 6.07) is 9.52. The van der Waals surface area contributed by atoms with E-state index in [-0.39, 0.29) is 0 Å². The molecule has 1 unspecified atom stereocenters. The van der Waals surface area contributed by atoms with Gasteiger partial charge in [-0.2, -0.15) is 0 Å². The first-order valence-corrected chi connectivity index (χ1v) is 6.16. The van der Waals surface area contributed by atoms with Gasteiger partial charge in [-0.3, -0.25) is 9.69 Å². The van der Waals surface area contributed by atoms with Crippen LogP contribution in [0.25, 0.3) is 0 Å². The van der Waals surface area contributed by atoms with Crippen molar-refractivity contribution in [2.24, 2.45) is 0 Å². The molecule has 1 aliphatic rings. The minimum absolute atomic E-state index is 0.479. The standard InChI is InChI=1S/C14H14N2O3/c17-14(18)13-9-16(8-11-5-6-15-19-11)7-10-3-1-2-4-12(10)13/h1-6,13H,7-9H2,(H,17,18). The predicted molar refractivity (Wildman–Crippen MR) is 67.4 cm³/mol. The Balaban J connectivity index is 1.86. The smallest absolute Gasteiger partial charge is 0.312 e. The molecule has 0 amide bonds. The summed E-state index contributed by atoms with van der Waals surface area (Å²) in [7, 11) is 0. The topological polar surface area (TPSA) is 66.6 Å². The number of benzene rings is 1. The van der Waals surface area contributed by atoms with Crippen molar-refractivity contribution in [1.82, 2.24) is 10.1 Å². The molecule has 1 atom stereocenters. The Labute approximate surface area is 110 Å². The molecule has 0 aliphatic carbocycles. The predicted octanol–water partition coefficient (Wildman–Crippen LogP) is 1.86. The lowest BCUT2D eigenvalue weighted by Gasteiger charge is -2.31. The van der Waals surface area contributed by atoms with Gasteiger partial charge < -0.3 is 9.63 Å². The number of carboxylic acids is 1. The van der Waals surface area contributed by atoms with Crippen LogP contribution in [-0.2, 0) is 17.9 Å². The summed E-state index contributed by atoms with van der Waals surface area (Å²) in [4.78, 5) is 13.5. The summed E-state index contributed by atoms with van der Waals surface area (Å²) >= 11 is 0. The largest absolute Gasteiger partial charge is 0.481 e. The highest BCUT2D eigenvalue weighted by Crippen LogP contribution is 2.29. The van der Waals surface area contributed by atoms with Crippen molar-refractivity contribution in [1.29, 1.82) is 0 Å². The Morgan fingerprint density at radius 2 is 2.26 bits per heavy atom. The van der Waals surface area contributed by atoms with Crippen molar-refractivity contribution in [3.05, 3.63) is 53.4 Å². The van der Waals surface area contributed by atoms with Crippen LogP contribution in [0.15, 0.2) is 41.1 Å². The number of rotatable bonds is 3. The van der Waals surface area contributed by atoms with E-state index in [0.717, 1.165) is 23.4 Å². The Kier molecular flexibility index (Phi) is 3.05. The number of fused-ring (bicyclic) bond motifs is 1. The van der Waals surface area contributed by atoms with E-state index in [4.69, 9.17) is 4.52 Å². The minimum atomic E-state index is -0.783. The van der Waals surface area contributed by atoms with Crippen LogP contribution >= 0.6 is 0 Å². The fourth-order valence-electron chi connectivity index (χ4n) is 2.56. The highest BCUT2D eigenvalue weighted by molar-refractivity contribution is 5.77. The monoisotopic (exact) mass is 258 g/mol. The molecule has 0 saturated carbocycles. The fraction of sp³-hybridized carbons (Fsp3) is 0.286. The van der Waals surface area contributed by atoms with Crippen molar-refractivity contribution in [3.8, 4) is 0 Å². The van der Waals surface area contributed by atoms with Gasteiger partial charge in [-0.15, -0.1) is 0 Å². The second kappa shape index (κ2) is 4.85. The van der Waals surface area contributed by atoms with Crippen LogP contribution in [-0.4, -0.2) is 27.7 Å². The van der Waals surface area contributed by atoms with Gasteiger partial charge in [0.25, 0.3) is 0 Å². The van der Waals surface area contributed by atoms with Gasteiger partial charge in [-0.1, -0.05) is 29.4 Å². The zero-order chi connectivity index (χ0) is 13.2. The molecule has 5 heteroatoms. The summed E-state index contributed by atoms with van der Waals surface area (Å²) in [5, 5.41) is 13.0. The summed E-state index contributed by atoms with van der Waals surface area (Å²) < 4.78 is 5.08. The van der Waals surface area contributed by atoms with E-state index >= 15 is 0 Å². The molecule has 3 rings (SSSR count). The number of aromatic nitrogens is 1. The van der Waals surface area contributed by atoms with E-state index in [1.807, 2.05) is 24.3 Å². The van der Waals surface area contributed by atoms with Crippen LogP contribution in [0, 0.1) is 0 Å². The normalized spacial score (nSPS) is 19.1. The first-order valence-electron chi connectivity index (χ1n) is 6.16. The average molecular weight is 258 g/mol. The summed E-state index contributed by atoms with van der Waals surface area (Å²) in [5.41, 5.74) is 1.99. The number of hydrogen-bond acceptors (Lipinski definition) is 4. The van der Waals surface area contributed by atoms with E-state index < -0.39 is 11.9 Å². The lowest BCUT2D eigenvalue weighted by atomic mass is 9.90. The third-order valence-electron chi connectivity index (χ3n) is 3.43. The Morgan fingerprint density at radius 3 is 3.00 bits per heavy atom. The maximum absolute atomic E-state index is 11.4. The first-order chi connectivity index (χ1) is 9.24. The van der Waals surface area contributed by atoms with Crippen LogP contribution in [0.5, 0.6) is 0 Å². The molecule has 98 valence electrons. The molecule has 5 nitrogen and oxygen atoms in total. The Hall–Kier alpha value is -2.14. The molecular formula is C14H14N2O3. The van der Waals surface area contributed by atoms with Crippen molar-refractivity contribution < 1.29 is 14.4 Å². The van der Waals surface area contributed by atoms with Gasteiger partial charge in [0.2, 0.25) is 0 Å². The maximum Gasteiger partial charge on any atom is 0.312 e. The third-order valence-corrected chi connectivity index (χ3v) is 3.43. The summed E-state index contributed by atoms with van der Waals surface area (Å²) in [6.07, 6.45) is 1.60. The van der Waals surface area contributed by atoms with Crippen molar-refractivity contribution in [2.45, 2.75) is 19.0 Å². The van der Waals surface area contributed by atoms with Crippen molar-refractivity contribution in [3.63, 3.8) is 0 Å². The van der Waals surface area contributed by atoms with Gasteiger partial charge in [0.15, 0.2) is 5.76 Å². The van der Waals surface area contributed by atoms with E-state index in [0.29, 0.717) is 13.1 Å². The molecule has 0 spiro atoms. The number of nitrogens with zero attached hydrogens (tertiary/aromatic N) is 2. The molecule has 0 radical (unpaired) electrons. The number of carbonyl (C=O) groups is 1. The summed E-state index contributed by atoms with van der Waals surface area (Å²) in [5.74, 6) is -0.508. The molecule has 0 fully saturated rings. The Morgan fingerprint density at radius 1 is 1.42 bits per heavy atom. The molecule has 1 aromatic heterocycles. The fourth-order valence-corrected chi connectivity index (χ4v) is 2.56.